The third kappa shape index (κ3) is 5.37. The highest BCUT2D eigenvalue weighted by atomic mass is 19.4. The van der Waals surface area contributed by atoms with Crippen LogP contribution in [0.2, 0.25) is 0 Å². The van der Waals surface area contributed by atoms with Crippen LogP contribution in [0.1, 0.15) is 24.0 Å². The Kier molecular flexibility index (Phi) is 5.43. The summed E-state index contributed by atoms with van der Waals surface area (Å²) in [6.07, 6.45) is -1.09. The summed E-state index contributed by atoms with van der Waals surface area (Å²) in [7, 11) is 0. The van der Waals surface area contributed by atoms with Crippen molar-refractivity contribution in [3.63, 3.8) is 0 Å². The average molecular weight is 329 g/mol. The minimum absolute atomic E-state index is 0.0854. The van der Waals surface area contributed by atoms with Gasteiger partial charge < -0.3 is 15.2 Å². The molecule has 0 atom stereocenters. The van der Waals surface area contributed by atoms with E-state index in [1.807, 2.05) is 0 Å². The Morgan fingerprint density at radius 1 is 1.35 bits per heavy atom. The molecule has 0 aliphatic carbocycles. The van der Waals surface area contributed by atoms with Gasteiger partial charge in [0.2, 0.25) is 5.91 Å². The molecule has 0 radical (unpaired) electrons. The Morgan fingerprint density at radius 3 is 2.70 bits per heavy atom. The number of aliphatic hydroxyl groups is 1. The van der Waals surface area contributed by atoms with Gasteiger partial charge in [-0.25, -0.2) is 0 Å². The van der Waals surface area contributed by atoms with Gasteiger partial charge in [-0.15, -0.1) is 0 Å². The van der Waals surface area contributed by atoms with Crippen LogP contribution in [0, 0.1) is 0 Å². The predicted octanol–water partition coefficient (Wildman–Crippen LogP) is 2.38. The number of carbonyl (C=O) groups excluding carboxylic acids is 1. The van der Waals surface area contributed by atoms with Crippen molar-refractivity contribution in [3.8, 4) is 0 Å². The summed E-state index contributed by atoms with van der Waals surface area (Å²) in [5, 5.41) is 12.7. The molecule has 2 rings (SSSR count). The Morgan fingerprint density at radius 2 is 2.04 bits per heavy atom. The van der Waals surface area contributed by atoms with Crippen molar-refractivity contribution >= 4 is 12.0 Å². The summed E-state index contributed by atoms with van der Waals surface area (Å²) >= 11 is 0. The van der Waals surface area contributed by atoms with E-state index >= 15 is 0 Å². The van der Waals surface area contributed by atoms with E-state index in [4.69, 9.17) is 4.74 Å². The molecule has 0 aromatic heterocycles. The summed E-state index contributed by atoms with van der Waals surface area (Å²) in [5.74, 6) is -0.470. The number of halogens is 3. The number of rotatable bonds is 4. The molecule has 1 heterocycles. The molecule has 4 nitrogen and oxygen atoms in total. The summed E-state index contributed by atoms with van der Waals surface area (Å²) in [5.41, 5.74) is -1.48. The van der Waals surface area contributed by atoms with Crippen molar-refractivity contribution in [1.29, 1.82) is 0 Å². The number of benzene rings is 1. The molecule has 126 valence electrons. The maximum atomic E-state index is 12.6. The molecule has 1 saturated heterocycles. The van der Waals surface area contributed by atoms with Crippen LogP contribution in [-0.4, -0.2) is 36.4 Å². The maximum absolute atomic E-state index is 12.6. The molecule has 0 unspecified atom stereocenters. The van der Waals surface area contributed by atoms with E-state index in [1.54, 1.807) is 0 Å². The van der Waals surface area contributed by atoms with Crippen molar-refractivity contribution in [2.24, 2.45) is 0 Å². The number of alkyl halides is 3. The summed E-state index contributed by atoms with van der Waals surface area (Å²) in [4.78, 5) is 11.7. The Labute approximate surface area is 132 Å². The minimum atomic E-state index is -4.42. The smallest absolute Gasteiger partial charge is 0.388 e. The number of ether oxygens (including phenoxy) is 1. The second-order valence-corrected chi connectivity index (χ2v) is 5.51. The van der Waals surface area contributed by atoms with Crippen LogP contribution in [0.4, 0.5) is 13.2 Å². The van der Waals surface area contributed by atoms with Crippen molar-refractivity contribution in [2.75, 3.05) is 19.8 Å². The van der Waals surface area contributed by atoms with E-state index < -0.39 is 23.2 Å². The zero-order valence-electron chi connectivity index (χ0n) is 12.4. The number of amides is 1. The van der Waals surface area contributed by atoms with E-state index in [0.717, 1.165) is 18.2 Å². The van der Waals surface area contributed by atoms with Gasteiger partial charge in [-0.2, -0.15) is 13.2 Å². The average Bonchev–Trinajstić information content (AvgIpc) is 2.51. The van der Waals surface area contributed by atoms with E-state index in [1.165, 1.54) is 18.2 Å². The fourth-order valence-corrected chi connectivity index (χ4v) is 2.23. The Bertz CT molecular complexity index is 578. The largest absolute Gasteiger partial charge is 0.416 e. The first kappa shape index (κ1) is 17.5. The van der Waals surface area contributed by atoms with E-state index in [2.05, 4.69) is 5.32 Å². The second kappa shape index (κ2) is 7.14. The zero-order chi connectivity index (χ0) is 16.9. The normalized spacial score (nSPS) is 18.1. The van der Waals surface area contributed by atoms with Gasteiger partial charge in [0.1, 0.15) is 0 Å². The Balaban J connectivity index is 1.91. The molecule has 1 amide bonds. The van der Waals surface area contributed by atoms with Crippen LogP contribution in [0.5, 0.6) is 0 Å². The lowest BCUT2D eigenvalue weighted by Crippen LogP contribution is -2.46. The van der Waals surface area contributed by atoms with Crippen LogP contribution >= 0.6 is 0 Å². The molecule has 2 N–H and O–H groups in total. The van der Waals surface area contributed by atoms with Crippen molar-refractivity contribution in [3.05, 3.63) is 41.5 Å². The molecule has 0 bridgehead atoms. The number of carbonyl (C=O) groups is 1. The zero-order valence-corrected chi connectivity index (χ0v) is 12.4. The highest BCUT2D eigenvalue weighted by molar-refractivity contribution is 5.91. The lowest BCUT2D eigenvalue weighted by Gasteiger charge is -2.31. The van der Waals surface area contributed by atoms with Crippen LogP contribution in [-0.2, 0) is 15.7 Å². The van der Waals surface area contributed by atoms with Gasteiger partial charge >= 0.3 is 6.18 Å². The standard InChI is InChI=1S/C16H18F3NO3/c17-16(18,19)13-3-1-2-12(10-13)4-5-14(21)20-11-15(22)6-8-23-9-7-15/h1-5,10,22H,6-9,11H2,(H,20,21). The number of nitrogens with one attached hydrogen (secondary N) is 1. The van der Waals surface area contributed by atoms with Gasteiger partial charge in [-0.05, 0) is 23.8 Å². The fraction of sp³-hybridized carbons (Fsp3) is 0.438. The van der Waals surface area contributed by atoms with Gasteiger partial charge in [0.05, 0.1) is 11.2 Å². The van der Waals surface area contributed by atoms with Gasteiger partial charge in [0, 0.05) is 38.7 Å². The topological polar surface area (TPSA) is 58.6 Å². The molecule has 1 aliphatic heterocycles. The molecular weight excluding hydrogens is 311 g/mol. The minimum Gasteiger partial charge on any atom is -0.388 e. The molecular formula is C16H18F3NO3. The van der Waals surface area contributed by atoms with E-state index in [-0.39, 0.29) is 12.1 Å². The highest BCUT2D eigenvalue weighted by Crippen LogP contribution is 2.29. The van der Waals surface area contributed by atoms with E-state index in [9.17, 15) is 23.1 Å². The Hall–Kier alpha value is -1.86. The lowest BCUT2D eigenvalue weighted by atomic mass is 9.94. The van der Waals surface area contributed by atoms with Crippen LogP contribution in [0.25, 0.3) is 6.08 Å². The first-order chi connectivity index (χ1) is 10.8. The molecule has 0 spiro atoms. The lowest BCUT2D eigenvalue weighted by molar-refractivity contribution is -0.137. The monoisotopic (exact) mass is 329 g/mol. The van der Waals surface area contributed by atoms with Crippen molar-refractivity contribution < 1.29 is 27.8 Å². The first-order valence-corrected chi connectivity index (χ1v) is 7.22. The SMILES string of the molecule is O=C(C=Cc1cccc(C(F)(F)F)c1)NCC1(O)CCOCC1. The molecule has 7 heteroatoms. The summed E-state index contributed by atoms with van der Waals surface area (Å²) in [6, 6.07) is 4.70. The maximum Gasteiger partial charge on any atom is 0.416 e. The molecule has 1 aromatic rings. The van der Waals surface area contributed by atoms with Crippen LogP contribution < -0.4 is 5.32 Å². The van der Waals surface area contributed by atoms with Crippen molar-refractivity contribution in [1.82, 2.24) is 5.32 Å². The molecule has 1 aliphatic rings. The third-order valence-electron chi connectivity index (χ3n) is 3.66. The molecule has 1 aromatic carbocycles. The van der Waals surface area contributed by atoms with E-state index in [0.29, 0.717) is 26.1 Å². The third-order valence-corrected chi connectivity index (χ3v) is 3.66. The van der Waals surface area contributed by atoms with Crippen molar-refractivity contribution in [2.45, 2.75) is 24.6 Å². The fourth-order valence-electron chi connectivity index (χ4n) is 2.23. The van der Waals surface area contributed by atoms with Gasteiger partial charge in [-0.3, -0.25) is 4.79 Å². The van der Waals surface area contributed by atoms with Gasteiger partial charge in [0.25, 0.3) is 0 Å². The molecule has 0 saturated carbocycles. The van der Waals surface area contributed by atoms with Gasteiger partial charge in [0.15, 0.2) is 0 Å². The highest BCUT2D eigenvalue weighted by Gasteiger charge is 2.30. The number of hydrogen-bond donors (Lipinski definition) is 2. The van der Waals surface area contributed by atoms with Crippen LogP contribution in [0.15, 0.2) is 30.3 Å². The summed E-state index contributed by atoms with van der Waals surface area (Å²) < 4.78 is 42.9. The second-order valence-electron chi connectivity index (χ2n) is 5.51. The molecule has 1 fully saturated rings. The molecule has 23 heavy (non-hydrogen) atoms. The number of hydrogen-bond acceptors (Lipinski definition) is 3. The quantitative estimate of drug-likeness (QED) is 0.834. The first-order valence-electron chi connectivity index (χ1n) is 7.22. The predicted molar refractivity (Wildman–Crippen MR) is 78.5 cm³/mol. The summed E-state index contributed by atoms with van der Waals surface area (Å²) in [6.45, 7) is 0.959. The van der Waals surface area contributed by atoms with Gasteiger partial charge in [-0.1, -0.05) is 12.1 Å². The van der Waals surface area contributed by atoms with Crippen LogP contribution in [0.3, 0.4) is 0 Å².